The molecule has 2 aliphatic heterocycles. The minimum Gasteiger partial charge on any atom is -0.492 e. The van der Waals surface area contributed by atoms with E-state index < -0.39 is 0 Å². The van der Waals surface area contributed by atoms with Gasteiger partial charge in [-0.15, -0.1) is 0 Å². The first-order chi connectivity index (χ1) is 18.7. The third-order valence-electron chi connectivity index (χ3n) is 7.16. The highest BCUT2D eigenvalue weighted by Gasteiger charge is 2.34. The van der Waals surface area contributed by atoms with Crippen molar-refractivity contribution >= 4 is 33.7 Å². The van der Waals surface area contributed by atoms with Crippen molar-refractivity contribution in [2.24, 2.45) is 0 Å². The molecule has 0 unspecified atom stereocenters. The Kier molecular flexibility index (Phi) is 7.48. The summed E-state index contributed by atoms with van der Waals surface area (Å²) in [6.07, 6.45) is 2.14. The summed E-state index contributed by atoms with van der Waals surface area (Å²) in [6.45, 7) is 6.70. The highest BCUT2D eigenvalue weighted by Crippen LogP contribution is 2.36. The molecule has 2 aromatic carbocycles. The van der Waals surface area contributed by atoms with Crippen LogP contribution in [-0.4, -0.2) is 52.0 Å². The summed E-state index contributed by atoms with van der Waals surface area (Å²) in [5.41, 5.74) is 3.65. The van der Waals surface area contributed by atoms with Crippen LogP contribution in [0, 0.1) is 0 Å². The SMILES string of the molecule is CNC(=O)c1ccc(-n2c(NC(C)C)nc3c(c2=O)C[C@@H](C)N(C(=O)c2ccc(Br)c4c2OCCC4)C3)cc1. The second kappa shape index (κ2) is 10.8. The molecule has 2 aliphatic rings. The number of fused-ring (bicyclic) bond motifs is 2. The topological polar surface area (TPSA) is 106 Å². The molecule has 0 spiro atoms. The number of carbonyl (C=O) groups is 2. The lowest BCUT2D eigenvalue weighted by atomic mass is 9.97. The van der Waals surface area contributed by atoms with Crippen LogP contribution >= 0.6 is 15.9 Å². The number of carbonyl (C=O) groups excluding carboxylic acids is 2. The second-order valence-electron chi connectivity index (χ2n) is 10.3. The van der Waals surface area contributed by atoms with Crippen LogP contribution in [0.2, 0.25) is 0 Å². The number of nitrogens with zero attached hydrogens (tertiary/aromatic N) is 3. The number of benzene rings is 2. The van der Waals surface area contributed by atoms with Crippen molar-refractivity contribution < 1.29 is 14.3 Å². The van der Waals surface area contributed by atoms with Crippen molar-refractivity contribution in [2.75, 3.05) is 19.0 Å². The van der Waals surface area contributed by atoms with Gasteiger partial charge in [-0.2, -0.15) is 0 Å². The van der Waals surface area contributed by atoms with E-state index in [1.54, 1.807) is 46.8 Å². The third kappa shape index (κ3) is 5.05. The van der Waals surface area contributed by atoms with Crippen LogP contribution in [0.1, 0.15) is 64.7 Å². The van der Waals surface area contributed by atoms with Crippen LogP contribution in [0.15, 0.2) is 45.7 Å². The van der Waals surface area contributed by atoms with Crippen LogP contribution in [0.5, 0.6) is 5.75 Å². The molecule has 3 heterocycles. The van der Waals surface area contributed by atoms with Gasteiger partial charge < -0.3 is 20.3 Å². The maximum atomic E-state index is 13.9. The van der Waals surface area contributed by atoms with Crippen molar-refractivity contribution in [3.8, 4) is 11.4 Å². The molecule has 2 N–H and O–H groups in total. The third-order valence-corrected chi connectivity index (χ3v) is 7.90. The molecule has 0 aliphatic carbocycles. The van der Waals surface area contributed by atoms with Gasteiger partial charge in [-0.1, -0.05) is 15.9 Å². The van der Waals surface area contributed by atoms with E-state index in [1.807, 2.05) is 26.8 Å². The fraction of sp³-hybridized carbons (Fsp3) is 0.379. The van der Waals surface area contributed by atoms with Crippen molar-refractivity contribution in [3.05, 3.63) is 79.2 Å². The molecular formula is C29H32BrN5O4. The molecule has 0 fully saturated rings. The molecule has 9 nitrogen and oxygen atoms in total. The summed E-state index contributed by atoms with van der Waals surface area (Å²) in [5.74, 6) is 0.707. The highest BCUT2D eigenvalue weighted by atomic mass is 79.9. The number of rotatable bonds is 5. The summed E-state index contributed by atoms with van der Waals surface area (Å²) in [4.78, 5) is 46.4. The Morgan fingerprint density at radius 3 is 2.56 bits per heavy atom. The molecule has 39 heavy (non-hydrogen) atoms. The van der Waals surface area contributed by atoms with Crippen molar-refractivity contribution in [2.45, 2.75) is 58.7 Å². The summed E-state index contributed by atoms with van der Waals surface area (Å²) in [6, 6.07) is 10.4. The standard InChI is InChI=1S/C29H32BrN5O4/c1-16(2)32-29-33-24-15-34(27(37)21-11-12-23(30)20-6-5-13-39-25(20)21)17(3)14-22(24)28(38)35(29)19-9-7-18(8-10-19)26(36)31-4/h7-12,16-17H,5-6,13-15H2,1-4H3,(H,31,36)(H,32,33)/t17-/m1/s1. The lowest BCUT2D eigenvalue weighted by molar-refractivity contribution is 0.0647. The Morgan fingerprint density at radius 2 is 1.87 bits per heavy atom. The van der Waals surface area contributed by atoms with Gasteiger partial charge in [0.15, 0.2) is 0 Å². The fourth-order valence-electron chi connectivity index (χ4n) is 5.18. The monoisotopic (exact) mass is 593 g/mol. The van der Waals surface area contributed by atoms with Gasteiger partial charge in [-0.3, -0.25) is 14.4 Å². The Morgan fingerprint density at radius 1 is 1.13 bits per heavy atom. The van der Waals surface area contributed by atoms with Gasteiger partial charge in [0.1, 0.15) is 5.75 Å². The number of amides is 2. The van der Waals surface area contributed by atoms with E-state index in [0.717, 1.165) is 22.9 Å². The largest absolute Gasteiger partial charge is 0.492 e. The van der Waals surface area contributed by atoms with Gasteiger partial charge in [-0.05, 0) is 76.4 Å². The van der Waals surface area contributed by atoms with Crippen LogP contribution in [0.3, 0.4) is 0 Å². The average Bonchev–Trinajstić information content (AvgIpc) is 2.93. The predicted molar refractivity (Wildman–Crippen MR) is 153 cm³/mol. The Hall–Kier alpha value is -3.66. The van der Waals surface area contributed by atoms with E-state index in [-0.39, 0.29) is 36.0 Å². The van der Waals surface area contributed by atoms with Crippen molar-refractivity contribution in [1.82, 2.24) is 19.8 Å². The molecular weight excluding hydrogens is 562 g/mol. The molecule has 1 aromatic heterocycles. The lowest BCUT2D eigenvalue weighted by Crippen LogP contribution is -2.46. The van der Waals surface area contributed by atoms with E-state index in [4.69, 9.17) is 9.72 Å². The number of hydrogen-bond acceptors (Lipinski definition) is 6. The summed E-state index contributed by atoms with van der Waals surface area (Å²) in [7, 11) is 1.58. The Balaban J connectivity index is 1.54. The van der Waals surface area contributed by atoms with Crippen LogP contribution in [0.25, 0.3) is 5.69 Å². The molecule has 2 amide bonds. The molecule has 0 bridgehead atoms. The maximum absolute atomic E-state index is 13.9. The number of nitrogens with one attached hydrogen (secondary N) is 2. The smallest absolute Gasteiger partial charge is 0.263 e. The zero-order valence-electron chi connectivity index (χ0n) is 22.5. The fourth-order valence-corrected chi connectivity index (χ4v) is 5.69. The first-order valence-electron chi connectivity index (χ1n) is 13.2. The molecule has 3 aromatic rings. The van der Waals surface area contributed by atoms with E-state index in [9.17, 15) is 14.4 Å². The quantitative estimate of drug-likeness (QED) is 0.461. The molecule has 204 valence electrons. The first-order valence-corrected chi connectivity index (χ1v) is 14.0. The number of ether oxygens (including phenoxy) is 1. The predicted octanol–water partition coefficient (Wildman–Crippen LogP) is 4.09. The number of hydrogen-bond donors (Lipinski definition) is 2. The van der Waals surface area contributed by atoms with Gasteiger partial charge >= 0.3 is 0 Å². The first kappa shape index (κ1) is 26.9. The van der Waals surface area contributed by atoms with Crippen LogP contribution < -0.4 is 20.9 Å². The number of anilines is 1. The normalized spacial score (nSPS) is 16.3. The zero-order valence-corrected chi connectivity index (χ0v) is 24.1. The van der Waals surface area contributed by atoms with Gasteiger partial charge in [0, 0.05) is 40.3 Å². The highest BCUT2D eigenvalue weighted by molar-refractivity contribution is 9.10. The minimum absolute atomic E-state index is 0.0121. The Bertz CT molecular complexity index is 1500. The summed E-state index contributed by atoms with van der Waals surface area (Å²) in [5, 5.41) is 5.89. The van der Waals surface area contributed by atoms with E-state index in [1.165, 1.54) is 0 Å². The summed E-state index contributed by atoms with van der Waals surface area (Å²) < 4.78 is 8.44. The number of halogens is 1. The molecule has 0 saturated carbocycles. The van der Waals surface area contributed by atoms with Gasteiger partial charge in [-0.25, -0.2) is 9.55 Å². The second-order valence-corrected chi connectivity index (χ2v) is 11.1. The van der Waals surface area contributed by atoms with Gasteiger partial charge in [0.25, 0.3) is 17.4 Å². The Labute approximate surface area is 235 Å². The van der Waals surface area contributed by atoms with Gasteiger partial charge in [0.05, 0.1) is 30.1 Å². The minimum atomic E-state index is -0.213. The van der Waals surface area contributed by atoms with Crippen LogP contribution in [-0.2, 0) is 19.4 Å². The van der Waals surface area contributed by atoms with Gasteiger partial charge in [0.2, 0.25) is 5.95 Å². The number of aromatic nitrogens is 2. The molecule has 5 rings (SSSR count). The van der Waals surface area contributed by atoms with Crippen molar-refractivity contribution in [1.29, 1.82) is 0 Å². The van der Waals surface area contributed by atoms with Crippen molar-refractivity contribution in [3.63, 3.8) is 0 Å². The maximum Gasteiger partial charge on any atom is 0.263 e. The molecule has 1 atom stereocenters. The lowest BCUT2D eigenvalue weighted by Gasteiger charge is -2.35. The van der Waals surface area contributed by atoms with E-state index in [2.05, 4.69) is 26.6 Å². The summed E-state index contributed by atoms with van der Waals surface area (Å²) >= 11 is 3.59. The van der Waals surface area contributed by atoms with E-state index in [0.29, 0.717) is 52.8 Å². The zero-order chi connectivity index (χ0) is 27.8. The molecule has 0 saturated heterocycles. The van der Waals surface area contributed by atoms with Crippen LogP contribution in [0.4, 0.5) is 5.95 Å². The molecule has 10 heteroatoms. The molecule has 0 radical (unpaired) electrons. The van der Waals surface area contributed by atoms with E-state index >= 15 is 0 Å². The average molecular weight is 595 g/mol.